The van der Waals surface area contributed by atoms with E-state index in [9.17, 15) is 5.11 Å². The molecule has 2 heteroatoms. The second-order valence-electron chi connectivity index (χ2n) is 4.55. The molecule has 0 spiro atoms. The van der Waals surface area contributed by atoms with Crippen LogP contribution in [-0.4, -0.2) is 11.2 Å². The highest BCUT2D eigenvalue weighted by Crippen LogP contribution is 2.29. The van der Waals surface area contributed by atoms with Gasteiger partial charge >= 0.3 is 0 Å². The van der Waals surface area contributed by atoms with Crippen LogP contribution in [0.4, 0.5) is 0 Å². The van der Waals surface area contributed by atoms with Crippen LogP contribution in [0.25, 0.3) is 0 Å². The van der Waals surface area contributed by atoms with Gasteiger partial charge in [0.1, 0.15) is 0 Å². The van der Waals surface area contributed by atoms with Gasteiger partial charge in [-0.1, -0.05) is 30.2 Å². The maximum Gasteiger partial charge on any atom is 0.0571 e. The molecule has 2 rings (SSSR count). The molecule has 82 valence electrons. The zero-order valence-corrected chi connectivity index (χ0v) is 9.80. The van der Waals surface area contributed by atoms with Gasteiger partial charge < -0.3 is 5.11 Å². The Hall–Kier alpha value is -0.530. The molecule has 0 radical (unpaired) electrons. The molecular formula is C13H17ClO. The van der Waals surface area contributed by atoms with Gasteiger partial charge in [0, 0.05) is 5.02 Å². The monoisotopic (exact) mass is 224 g/mol. The van der Waals surface area contributed by atoms with Crippen molar-refractivity contribution in [3.63, 3.8) is 0 Å². The van der Waals surface area contributed by atoms with Gasteiger partial charge in [0.25, 0.3) is 0 Å². The number of aryl methyl sites for hydroxylation is 1. The molecule has 1 fully saturated rings. The highest BCUT2D eigenvalue weighted by molar-refractivity contribution is 6.31. The number of hydrogen-bond acceptors (Lipinski definition) is 1. The van der Waals surface area contributed by atoms with Crippen molar-refractivity contribution in [3.8, 4) is 0 Å². The van der Waals surface area contributed by atoms with Crippen LogP contribution in [0.15, 0.2) is 18.2 Å². The Bertz CT molecular complexity index is 348. The lowest BCUT2D eigenvalue weighted by atomic mass is 9.95. The summed E-state index contributed by atoms with van der Waals surface area (Å²) in [5, 5.41) is 10.6. The molecule has 1 nitrogen and oxygen atoms in total. The molecule has 0 bridgehead atoms. The topological polar surface area (TPSA) is 20.2 Å². The molecule has 15 heavy (non-hydrogen) atoms. The molecule has 1 N–H and O–H groups in total. The minimum atomic E-state index is -0.0963. The smallest absolute Gasteiger partial charge is 0.0571 e. The lowest BCUT2D eigenvalue weighted by Gasteiger charge is -2.14. The van der Waals surface area contributed by atoms with Gasteiger partial charge in [-0.25, -0.2) is 0 Å². The summed E-state index contributed by atoms with van der Waals surface area (Å²) in [6.07, 6.45) is 4.18. The van der Waals surface area contributed by atoms with Gasteiger partial charge in [-0.2, -0.15) is 0 Å². The number of halogens is 1. The van der Waals surface area contributed by atoms with Crippen LogP contribution in [0.3, 0.4) is 0 Å². The SMILES string of the molecule is Cc1cc(C[C@@H]2CCC[C@H]2O)ccc1Cl. The Balaban J connectivity index is 2.07. The molecule has 1 aromatic rings. The van der Waals surface area contributed by atoms with Crippen LogP contribution in [0.2, 0.25) is 5.02 Å². The molecule has 0 aromatic heterocycles. The van der Waals surface area contributed by atoms with Crippen molar-refractivity contribution < 1.29 is 5.11 Å². The van der Waals surface area contributed by atoms with Crippen LogP contribution in [0.1, 0.15) is 30.4 Å². The van der Waals surface area contributed by atoms with Crippen LogP contribution >= 0.6 is 11.6 Å². The summed E-state index contributed by atoms with van der Waals surface area (Å²) < 4.78 is 0. The molecule has 2 atom stereocenters. The average Bonchev–Trinajstić information content (AvgIpc) is 2.59. The predicted octanol–water partition coefficient (Wildman–Crippen LogP) is 3.35. The van der Waals surface area contributed by atoms with Gasteiger partial charge in [-0.15, -0.1) is 0 Å². The van der Waals surface area contributed by atoms with Crippen molar-refractivity contribution in [1.29, 1.82) is 0 Å². The molecule has 1 aromatic carbocycles. The molecule has 0 amide bonds. The van der Waals surface area contributed by atoms with Crippen molar-refractivity contribution in [3.05, 3.63) is 34.3 Å². The largest absolute Gasteiger partial charge is 0.393 e. The fourth-order valence-corrected chi connectivity index (χ4v) is 2.51. The molecule has 0 aliphatic heterocycles. The predicted molar refractivity (Wildman–Crippen MR) is 63.2 cm³/mol. The first-order valence-corrected chi connectivity index (χ1v) is 5.97. The van der Waals surface area contributed by atoms with E-state index in [-0.39, 0.29) is 6.10 Å². The second-order valence-corrected chi connectivity index (χ2v) is 4.95. The Morgan fingerprint density at radius 2 is 2.20 bits per heavy atom. The quantitative estimate of drug-likeness (QED) is 0.817. The van der Waals surface area contributed by atoms with Gasteiger partial charge in [0.2, 0.25) is 0 Å². The molecule has 0 unspecified atom stereocenters. The zero-order valence-electron chi connectivity index (χ0n) is 9.04. The van der Waals surface area contributed by atoms with E-state index in [1.54, 1.807) is 0 Å². The average molecular weight is 225 g/mol. The van der Waals surface area contributed by atoms with Gasteiger partial charge in [-0.3, -0.25) is 0 Å². The summed E-state index contributed by atoms with van der Waals surface area (Å²) in [5.41, 5.74) is 2.42. The number of aliphatic hydroxyl groups excluding tert-OH is 1. The summed E-state index contributed by atoms with van der Waals surface area (Å²) in [4.78, 5) is 0. The van der Waals surface area contributed by atoms with E-state index in [1.165, 1.54) is 12.0 Å². The Kier molecular flexibility index (Phi) is 3.32. The standard InChI is InChI=1S/C13H17ClO/c1-9-7-10(5-6-12(9)14)8-11-3-2-4-13(11)15/h5-7,11,13,15H,2-4,8H2,1H3/t11-,13+/m0/s1. The Morgan fingerprint density at radius 1 is 1.40 bits per heavy atom. The first-order chi connectivity index (χ1) is 7.16. The molecule has 1 aliphatic carbocycles. The van der Waals surface area contributed by atoms with Crippen molar-refractivity contribution in [1.82, 2.24) is 0 Å². The summed E-state index contributed by atoms with van der Waals surface area (Å²) >= 11 is 5.98. The van der Waals surface area contributed by atoms with Crippen LogP contribution < -0.4 is 0 Å². The number of hydrogen-bond donors (Lipinski definition) is 1. The van der Waals surface area contributed by atoms with Crippen LogP contribution in [0.5, 0.6) is 0 Å². The molecular weight excluding hydrogens is 208 g/mol. The summed E-state index contributed by atoms with van der Waals surface area (Å²) in [6.45, 7) is 2.02. The van der Waals surface area contributed by atoms with Crippen LogP contribution in [-0.2, 0) is 6.42 Å². The molecule has 0 saturated heterocycles. The van der Waals surface area contributed by atoms with E-state index in [1.807, 2.05) is 13.0 Å². The number of rotatable bonds is 2. The van der Waals surface area contributed by atoms with E-state index >= 15 is 0 Å². The first-order valence-electron chi connectivity index (χ1n) is 5.60. The fraction of sp³-hybridized carbons (Fsp3) is 0.538. The summed E-state index contributed by atoms with van der Waals surface area (Å²) in [5.74, 6) is 0.450. The lowest BCUT2D eigenvalue weighted by molar-refractivity contribution is 0.132. The minimum absolute atomic E-state index is 0.0963. The maximum atomic E-state index is 9.75. The van der Waals surface area contributed by atoms with Gasteiger partial charge in [0.15, 0.2) is 0 Å². The van der Waals surface area contributed by atoms with Crippen molar-refractivity contribution in [2.45, 2.75) is 38.7 Å². The highest BCUT2D eigenvalue weighted by Gasteiger charge is 2.25. The van der Waals surface area contributed by atoms with E-state index < -0.39 is 0 Å². The van der Waals surface area contributed by atoms with Gasteiger partial charge in [0.05, 0.1) is 6.10 Å². The van der Waals surface area contributed by atoms with Crippen molar-refractivity contribution in [2.24, 2.45) is 5.92 Å². The number of benzene rings is 1. The normalized spacial score (nSPS) is 25.8. The number of aliphatic hydroxyl groups is 1. The first kappa shape index (κ1) is 11.0. The maximum absolute atomic E-state index is 9.75. The lowest BCUT2D eigenvalue weighted by Crippen LogP contribution is -2.15. The van der Waals surface area contributed by atoms with Crippen molar-refractivity contribution in [2.75, 3.05) is 0 Å². The third kappa shape index (κ3) is 2.53. The van der Waals surface area contributed by atoms with E-state index in [0.29, 0.717) is 5.92 Å². The van der Waals surface area contributed by atoms with Gasteiger partial charge in [-0.05, 0) is 49.3 Å². The van der Waals surface area contributed by atoms with E-state index in [4.69, 9.17) is 11.6 Å². The summed E-state index contributed by atoms with van der Waals surface area (Å²) in [6, 6.07) is 6.15. The molecule has 1 aliphatic rings. The highest BCUT2D eigenvalue weighted by atomic mass is 35.5. The van der Waals surface area contributed by atoms with E-state index in [0.717, 1.165) is 29.8 Å². The minimum Gasteiger partial charge on any atom is -0.393 e. The second kappa shape index (κ2) is 4.54. The Morgan fingerprint density at radius 3 is 2.80 bits per heavy atom. The fourth-order valence-electron chi connectivity index (χ4n) is 2.39. The third-order valence-corrected chi connectivity index (χ3v) is 3.76. The van der Waals surface area contributed by atoms with Crippen LogP contribution in [0, 0.1) is 12.8 Å². The molecule has 1 saturated carbocycles. The van der Waals surface area contributed by atoms with E-state index in [2.05, 4.69) is 12.1 Å². The third-order valence-electron chi connectivity index (χ3n) is 3.34. The summed E-state index contributed by atoms with van der Waals surface area (Å²) in [7, 11) is 0. The molecule has 0 heterocycles. The zero-order chi connectivity index (χ0) is 10.8. The van der Waals surface area contributed by atoms with Crippen molar-refractivity contribution >= 4 is 11.6 Å². The Labute approximate surface area is 96.1 Å².